The van der Waals surface area contributed by atoms with E-state index in [0.29, 0.717) is 17.7 Å². The van der Waals surface area contributed by atoms with E-state index in [1.165, 1.54) is 13.3 Å². The van der Waals surface area contributed by atoms with Crippen LogP contribution in [0.15, 0.2) is 30.5 Å². The topological polar surface area (TPSA) is 84.1 Å². The van der Waals surface area contributed by atoms with Gasteiger partial charge in [-0.05, 0) is 29.5 Å². The van der Waals surface area contributed by atoms with Crippen LogP contribution in [0.4, 0.5) is 5.69 Å². The van der Waals surface area contributed by atoms with Crippen molar-refractivity contribution in [3.05, 3.63) is 47.3 Å². The molecule has 1 amide bonds. The number of amides is 1. The summed E-state index contributed by atoms with van der Waals surface area (Å²) in [4.78, 5) is 23.7. The third-order valence-electron chi connectivity index (χ3n) is 3.93. The molecule has 2 N–H and O–H groups in total. The second-order valence-corrected chi connectivity index (χ2v) is 6.11. The van der Waals surface area contributed by atoms with Gasteiger partial charge in [0, 0.05) is 5.69 Å². The van der Waals surface area contributed by atoms with Gasteiger partial charge >= 0.3 is 5.97 Å². The zero-order valence-electron chi connectivity index (χ0n) is 14.4. The van der Waals surface area contributed by atoms with Gasteiger partial charge in [0.2, 0.25) is 0 Å². The molecule has 1 aromatic heterocycles. The Morgan fingerprint density at radius 1 is 1.21 bits per heavy atom. The van der Waals surface area contributed by atoms with Crippen molar-refractivity contribution in [2.24, 2.45) is 0 Å². The lowest BCUT2D eigenvalue weighted by Gasteiger charge is -2.12. The average Bonchev–Trinajstić information content (AvgIpc) is 3.05. The van der Waals surface area contributed by atoms with Gasteiger partial charge in [0.25, 0.3) is 5.91 Å². The zero-order valence-corrected chi connectivity index (χ0v) is 14.4. The van der Waals surface area contributed by atoms with Crippen molar-refractivity contribution >= 4 is 17.6 Å². The van der Waals surface area contributed by atoms with E-state index in [4.69, 9.17) is 0 Å². The number of aromatic amines is 1. The summed E-state index contributed by atoms with van der Waals surface area (Å²) in [5.74, 6) is -0.178. The number of methoxy groups -OCH3 is 1. The number of hydrogen-bond donors (Lipinski definition) is 2. The number of benzene rings is 1. The van der Waals surface area contributed by atoms with Gasteiger partial charge in [-0.3, -0.25) is 14.7 Å². The molecule has 0 spiro atoms. The monoisotopic (exact) mass is 329 g/mol. The molecule has 24 heavy (non-hydrogen) atoms. The van der Waals surface area contributed by atoms with Crippen molar-refractivity contribution in [3.8, 4) is 0 Å². The van der Waals surface area contributed by atoms with Crippen molar-refractivity contribution in [2.45, 2.75) is 39.0 Å². The Kier molecular flexibility index (Phi) is 5.73. The SMILES string of the molecule is COC(=O)C[C@H](C)c1ccc(NC(=O)c2cn[nH]c2C(C)C)cc1. The van der Waals surface area contributed by atoms with Gasteiger partial charge in [-0.25, -0.2) is 0 Å². The van der Waals surface area contributed by atoms with Gasteiger partial charge in [0.05, 0.1) is 31.0 Å². The summed E-state index contributed by atoms with van der Waals surface area (Å²) in [6, 6.07) is 7.47. The fourth-order valence-electron chi connectivity index (χ4n) is 2.46. The maximum absolute atomic E-state index is 12.4. The smallest absolute Gasteiger partial charge is 0.306 e. The van der Waals surface area contributed by atoms with Crippen molar-refractivity contribution in [1.29, 1.82) is 0 Å². The molecule has 6 nitrogen and oxygen atoms in total. The number of carbonyl (C=O) groups is 2. The lowest BCUT2D eigenvalue weighted by molar-refractivity contribution is -0.140. The number of hydrogen-bond acceptors (Lipinski definition) is 4. The molecule has 0 aliphatic carbocycles. The van der Waals surface area contributed by atoms with E-state index in [9.17, 15) is 9.59 Å². The number of carbonyl (C=O) groups excluding carboxylic acids is 2. The molecule has 2 rings (SSSR count). The first kappa shape index (κ1) is 17.7. The Bertz CT molecular complexity index is 705. The van der Waals surface area contributed by atoms with Crippen LogP contribution in [0.3, 0.4) is 0 Å². The molecule has 1 atom stereocenters. The summed E-state index contributed by atoms with van der Waals surface area (Å²) in [7, 11) is 1.38. The molecule has 1 aromatic carbocycles. The Hall–Kier alpha value is -2.63. The van der Waals surface area contributed by atoms with Gasteiger partial charge in [-0.2, -0.15) is 5.10 Å². The molecule has 0 radical (unpaired) electrons. The maximum Gasteiger partial charge on any atom is 0.306 e. The van der Waals surface area contributed by atoms with Gasteiger partial charge < -0.3 is 10.1 Å². The van der Waals surface area contributed by atoms with Crippen molar-refractivity contribution in [2.75, 3.05) is 12.4 Å². The second kappa shape index (κ2) is 7.77. The highest BCUT2D eigenvalue weighted by atomic mass is 16.5. The van der Waals surface area contributed by atoms with Crippen LogP contribution in [0, 0.1) is 0 Å². The van der Waals surface area contributed by atoms with E-state index >= 15 is 0 Å². The number of esters is 1. The molecule has 0 unspecified atom stereocenters. The standard InChI is InChI=1S/C18H23N3O3/c1-11(2)17-15(10-19-21-17)18(23)20-14-7-5-13(6-8-14)12(3)9-16(22)24-4/h5-8,10-12H,9H2,1-4H3,(H,19,21)(H,20,23)/t12-/m0/s1. The first-order chi connectivity index (χ1) is 11.4. The summed E-state index contributed by atoms with van der Waals surface area (Å²) >= 11 is 0. The summed E-state index contributed by atoms with van der Waals surface area (Å²) in [6.45, 7) is 5.97. The molecule has 0 aliphatic rings. The van der Waals surface area contributed by atoms with E-state index < -0.39 is 0 Å². The molecular formula is C18H23N3O3. The number of nitrogens with zero attached hydrogens (tertiary/aromatic N) is 1. The molecule has 6 heteroatoms. The summed E-state index contributed by atoms with van der Waals surface area (Å²) in [5, 5.41) is 9.68. The predicted octanol–water partition coefficient (Wildman–Crippen LogP) is 3.45. The Labute approximate surface area is 141 Å². The molecule has 128 valence electrons. The first-order valence-electron chi connectivity index (χ1n) is 7.93. The summed E-state index contributed by atoms with van der Waals surface area (Å²) < 4.78 is 4.69. The number of nitrogens with one attached hydrogen (secondary N) is 2. The Morgan fingerprint density at radius 2 is 1.88 bits per heavy atom. The highest BCUT2D eigenvalue weighted by Gasteiger charge is 2.16. The number of aromatic nitrogens is 2. The molecular weight excluding hydrogens is 306 g/mol. The first-order valence-corrected chi connectivity index (χ1v) is 7.93. The summed E-state index contributed by atoms with van der Waals surface area (Å²) in [6.07, 6.45) is 1.87. The van der Waals surface area contributed by atoms with Gasteiger partial charge in [0.15, 0.2) is 0 Å². The second-order valence-electron chi connectivity index (χ2n) is 6.11. The molecule has 2 aromatic rings. The fourth-order valence-corrected chi connectivity index (χ4v) is 2.46. The number of H-pyrrole nitrogens is 1. The molecule has 0 saturated heterocycles. The van der Waals surface area contributed by atoms with Crippen molar-refractivity contribution in [1.82, 2.24) is 10.2 Å². The van der Waals surface area contributed by atoms with Crippen LogP contribution in [0.5, 0.6) is 0 Å². The minimum atomic E-state index is -0.235. The Balaban J connectivity index is 2.04. The number of rotatable bonds is 6. The zero-order chi connectivity index (χ0) is 17.7. The molecule has 0 fully saturated rings. The number of ether oxygens (including phenoxy) is 1. The normalized spacial score (nSPS) is 12.0. The molecule has 1 heterocycles. The van der Waals surface area contributed by atoms with Crippen LogP contribution in [0.2, 0.25) is 0 Å². The lowest BCUT2D eigenvalue weighted by atomic mass is 9.97. The summed E-state index contributed by atoms with van der Waals surface area (Å²) in [5.41, 5.74) is 3.08. The highest BCUT2D eigenvalue weighted by molar-refractivity contribution is 6.05. The molecule has 0 bridgehead atoms. The van der Waals surface area contributed by atoms with E-state index in [2.05, 4.69) is 20.3 Å². The van der Waals surface area contributed by atoms with Crippen LogP contribution in [-0.2, 0) is 9.53 Å². The third kappa shape index (κ3) is 4.22. The van der Waals surface area contributed by atoms with Gasteiger partial charge in [0.1, 0.15) is 0 Å². The third-order valence-corrected chi connectivity index (χ3v) is 3.93. The minimum Gasteiger partial charge on any atom is -0.469 e. The van der Waals surface area contributed by atoms with Crippen LogP contribution in [0.1, 0.15) is 60.6 Å². The van der Waals surface area contributed by atoms with Crippen LogP contribution in [-0.4, -0.2) is 29.2 Å². The number of anilines is 1. The maximum atomic E-state index is 12.4. The van der Waals surface area contributed by atoms with Gasteiger partial charge in [-0.15, -0.1) is 0 Å². The lowest BCUT2D eigenvalue weighted by Crippen LogP contribution is -2.14. The van der Waals surface area contributed by atoms with Crippen LogP contribution >= 0.6 is 0 Å². The van der Waals surface area contributed by atoms with E-state index in [0.717, 1.165) is 11.3 Å². The van der Waals surface area contributed by atoms with E-state index in [1.807, 2.05) is 45.0 Å². The molecule has 0 aliphatic heterocycles. The predicted molar refractivity (Wildman–Crippen MR) is 92.1 cm³/mol. The highest BCUT2D eigenvalue weighted by Crippen LogP contribution is 2.22. The van der Waals surface area contributed by atoms with Crippen molar-refractivity contribution in [3.63, 3.8) is 0 Å². The average molecular weight is 329 g/mol. The quantitative estimate of drug-likeness (QED) is 0.795. The minimum absolute atomic E-state index is 0.0589. The fraction of sp³-hybridized carbons (Fsp3) is 0.389. The van der Waals surface area contributed by atoms with Crippen molar-refractivity contribution < 1.29 is 14.3 Å². The molecule has 0 saturated carbocycles. The largest absolute Gasteiger partial charge is 0.469 e. The van der Waals surface area contributed by atoms with Crippen LogP contribution in [0.25, 0.3) is 0 Å². The van der Waals surface area contributed by atoms with Gasteiger partial charge in [-0.1, -0.05) is 32.9 Å². The Morgan fingerprint density at radius 3 is 2.46 bits per heavy atom. The van der Waals surface area contributed by atoms with E-state index in [1.54, 1.807) is 0 Å². The van der Waals surface area contributed by atoms with Crippen LogP contribution < -0.4 is 5.32 Å². The van der Waals surface area contributed by atoms with E-state index in [-0.39, 0.29) is 23.7 Å².